The van der Waals surface area contributed by atoms with Gasteiger partial charge in [-0.25, -0.2) is 0 Å². The molecule has 3 heteroatoms. The number of methoxy groups -OCH3 is 1. The third-order valence-electron chi connectivity index (χ3n) is 3.43. The maximum absolute atomic E-state index is 9.01. The van der Waals surface area contributed by atoms with E-state index in [0.29, 0.717) is 0 Å². The highest BCUT2D eigenvalue weighted by Crippen LogP contribution is 2.17. The lowest BCUT2D eigenvalue weighted by molar-refractivity contribution is 0.282. The molecule has 0 bridgehead atoms. The minimum atomic E-state index is 0.0932. The SMILES string of the molecule is COc1ccc(C(C)NCc2ccc(CO)cc2)cc1. The molecule has 20 heavy (non-hydrogen) atoms. The Kier molecular flexibility index (Phi) is 5.16. The number of hydrogen-bond donors (Lipinski definition) is 2. The van der Waals surface area contributed by atoms with Crippen LogP contribution in [0.3, 0.4) is 0 Å². The fourth-order valence-electron chi connectivity index (χ4n) is 2.04. The van der Waals surface area contributed by atoms with Gasteiger partial charge in [-0.2, -0.15) is 0 Å². The minimum Gasteiger partial charge on any atom is -0.497 e. The van der Waals surface area contributed by atoms with E-state index in [-0.39, 0.29) is 12.6 Å². The maximum Gasteiger partial charge on any atom is 0.118 e. The van der Waals surface area contributed by atoms with E-state index >= 15 is 0 Å². The first kappa shape index (κ1) is 14.6. The topological polar surface area (TPSA) is 41.5 Å². The van der Waals surface area contributed by atoms with Gasteiger partial charge in [-0.1, -0.05) is 36.4 Å². The second-order valence-electron chi connectivity index (χ2n) is 4.85. The first-order chi connectivity index (χ1) is 9.72. The minimum absolute atomic E-state index is 0.0932. The molecular formula is C17H21NO2. The fraction of sp³-hybridized carbons (Fsp3) is 0.294. The van der Waals surface area contributed by atoms with E-state index in [0.717, 1.165) is 17.9 Å². The molecule has 2 aromatic carbocycles. The first-order valence-electron chi connectivity index (χ1n) is 6.79. The monoisotopic (exact) mass is 271 g/mol. The van der Waals surface area contributed by atoms with Crippen LogP contribution in [0.15, 0.2) is 48.5 Å². The lowest BCUT2D eigenvalue weighted by Crippen LogP contribution is -2.18. The zero-order valence-corrected chi connectivity index (χ0v) is 12.0. The normalized spacial score (nSPS) is 12.2. The first-order valence-corrected chi connectivity index (χ1v) is 6.79. The van der Waals surface area contributed by atoms with E-state index in [1.807, 2.05) is 36.4 Å². The predicted molar refractivity (Wildman–Crippen MR) is 80.6 cm³/mol. The summed E-state index contributed by atoms with van der Waals surface area (Å²) in [6.45, 7) is 3.04. The molecule has 1 unspecified atom stereocenters. The van der Waals surface area contributed by atoms with Crippen LogP contribution in [0.2, 0.25) is 0 Å². The van der Waals surface area contributed by atoms with Crippen LogP contribution >= 0.6 is 0 Å². The lowest BCUT2D eigenvalue weighted by Gasteiger charge is -2.15. The van der Waals surface area contributed by atoms with Crippen LogP contribution < -0.4 is 10.1 Å². The molecule has 0 saturated carbocycles. The molecule has 0 aromatic heterocycles. The molecule has 2 N–H and O–H groups in total. The Bertz CT molecular complexity index is 520. The van der Waals surface area contributed by atoms with E-state index in [2.05, 4.69) is 24.4 Å². The van der Waals surface area contributed by atoms with Crippen molar-refractivity contribution >= 4 is 0 Å². The van der Waals surface area contributed by atoms with Crippen molar-refractivity contribution in [3.63, 3.8) is 0 Å². The van der Waals surface area contributed by atoms with Crippen LogP contribution in [0, 0.1) is 0 Å². The number of benzene rings is 2. The highest BCUT2D eigenvalue weighted by atomic mass is 16.5. The summed E-state index contributed by atoms with van der Waals surface area (Å²) in [6.07, 6.45) is 0. The van der Waals surface area contributed by atoms with Gasteiger partial charge in [0.05, 0.1) is 13.7 Å². The van der Waals surface area contributed by atoms with Gasteiger partial charge in [0, 0.05) is 12.6 Å². The fourth-order valence-corrected chi connectivity index (χ4v) is 2.04. The molecule has 1 atom stereocenters. The average Bonchev–Trinajstić information content (AvgIpc) is 2.53. The van der Waals surface area contributed by atoms with Gasteiger partial charge in [-0.3, -0.25) is 0 Å². The number of aliphatic hydroxyl groups is 1. The largest absolute Gasteiger partial charge is 0.497 e. The Morgan fingerprint density at radius 3 is 2.15 bits per heavy atom. The van der Waals surface area contributed by atoms with Gasteiger partial charge in [0.2, 0.25) is 0 Å². The van der Waals surface area contributed by atoms with Crippen molar-refractivity contribution < 1.29 is 9.84 Å². The van der Waals surface area contributed by atoms with Gasteiger partial charge >= 0.3 is 0 Å². The summed E-state index contributed by atoms with van der Waals surface area (Å²) >= 11 is 0. The molecule has 0 aliphatic heterocycles. The number of rotatable bonds is 6. The van der Waals surface area contributed by atoms with E-state index in [4.69, 9.17) is 9.84 Å². The number of aliphatic hydroxyl groups excluding tert-OH is 1. The second kappa shape index (κ2) is 7.08. The number of ether oxygens (including phenoxy) is 1. The van der Waals surface area contributed by atoms with Crippen molar-refractivity contribution in [2.24, 2.45) is 0 Å². The van der Waals surface area contributed by atoms with Crippen molar-refractivity contribution in [3.8, 4) is 5.75 Å². The van der Waals surface area contributed by atoms with Gasteiger partial charge in [-0.05, 0) is 35.7 Å². The van der Waals surface area contributed by atoms with Gasteiger partial charge in [0.15, 0.2) is 0 Å². The van der Waals surface area contributed by atoms with Crippen molar-refractivity contribution in [3.05, 3.63) is 65.2 Å². The van der Waals surface area contributed by atoms with Crippen molar-refractivity contribution in [1.82, 2.24) is 5.32 Å². The summed E-state index contributed by atoms with van der Waals surface area (Å²) in [7, 11) is 1.67. The summed E-state index contributed by atoms with van der Waals surface area (Å²) in [5, 5.41) is 12.5. The Balaban J connectivity index is 1.91. The molecule has 3 nitrogen and oxygen atoms in total. The summed E-state index contributed by atoms with van der Waals surface area (Å²) < 4.78 is 5.16. The van der Waals surface area contributed by atoms with Crippen LogP contribution in [-0.2, 0) is 13.2 Å². The van der Waals surface area contributed by atoms with E-state index in [1.54, 1.807) is 7.11 Å². The molecule has 0 heterocycles. The average molecular weight is 271 g/mol. The molecule has 2 rings (SSSR count). The third kappa shape index (κ3) is 3.83. The highest BCUT2D eigenvalue weighted by Gasteiger charge is 2.05. The molecule has 106 valence electrons. The number of nitrogens with one attached hydrogen (secondary N) is 1. The quantitative estimate of drug-likeness (QED) is 0.848. The van der Waals surface area contributed by atoms with Gasteiger partial charge in [-0.15, -0.1) is 0 Å². The standard InChI is InChI=1S/C17H21NO2/c1-13(16-7-9-17(20-2)10-8-16)18-11-14-3-5-15(12-19)6-4-14/h3-10,13,18-19H,11-12H2,1-2H3. The van der Waals surface area contributed by atoms with Crippen molar-refractivity contribution in [2.45, 2.75) is 26.1 Å². The molecule has 0 spiro atoms. The van der Waals surface area contributed by atoms with E-state index in [9.17, 15) is 0 Å². The predicted octanol–water partition coefficient (Wildman–Crippen LogP) is 3.04. The summed E-state index contributed by atoms with van der Waals surface area (Å²) in [5.41, 5.74) is 3.39. The van der Waals surface area contributed by atoms with Crippen LogP contribution in [-0.4, -0.2) is 12.2 Å². The Morgan fingerprint density at radius 1 is 1.00 bits per heavy atom. The smallest absolute Gasteiger partial charge is 0.118 e. The molecule has 0 radical (unpaired) electrons. The summed E-state index contributed by atoms with van der Waals surface area (Å²) in [6, 6.07) is 16.4. The van der Waals surface area contributed by atoms with Crippen LogP contribution in [0.1, 0.15) is 29.7 Å². The summed E-state index contributed by atoms with van der Waals surface area (Å²) in [4.78, 5) is 0. The highest BCUT2D eigenvalue weighted by molar-refractivity contribution is 5.29. The Hall–Kier alpha value is -1.84. The van der Waals surface area contributed by atoms with E-state index < -0.39 is 0 Å². The maximum atomic E-state index is 9.01. The Morgan fingerprint density at radius 2 is 1.60 bits per heavy atom. The van der Waals surface area contributed by atoms with Crippen molar-refractivity contribution in [2.75, 3.05) is 7.11 Å². The van der Waals surface area contributed by atoms with Gasteiger partial charge in [0.25, 0.3) is 0 Å². The molecule has 0 aliphatic rings. The van der Waals surface area contributed by atoms with Crippen molar-refractivity contribution in [1.29, 1.82) is 0 Å². The van der Waals surface area contributed by atoms with Gasteiger partial charge in [0.1, 0.15) is 5.75 Å². The molecule has 0 saturated heterocycles. The lowest BCUT2D eigenvalue weighted by atomic mass is 10.1. The molecule has 0 aliphatic carbocycles. The molecular weight excluding hydrogens is 250 g/mol. The zero-order valence-electron chi connectivity index (χ0n) is 12.0. The van der Waals surface area contributed by atoms with Crippen LogP contribution in [0.5, 0.6) is 5.75 Å². The van der Waals surface area contributed by atoms with Gasteiger partial charge < -0.3 is 15.2 Å². The van der Waals surface area contributed by atoms with Crippen LogP contribution in [0.25, 0.3) is 0 Å². The Labute approximate surface area is 120 Å². The number of hydrogen-bond acceptors (Lipinski definition) is 3. The molecule has 2 aromatic rings. The summed E-state index contributed by atoms with van der Waals surface area (Å²) in [5.74, 6) is 0.876. The third-order valence-corrected chi connectivity index (χ3v) is 3.43. The van der Waals surface area contributed by atoms with Crippen LogP contribution in [0.4, 0.5) is 0 Å². The molecule has 0 amide bonds. The zero-order chi connectivity index (χ0) is 14.4. The molecule has 0 fully saturated rings. The second-order valence-corrected chi connectivity index (χ2v) is 4.85. The van der Waals surface area contributed by atoms with E-state index in [1.165, 1.54) is 11.1 Å².